The Hall–Kier alpha value is -2.45. The van der Waals surface area contributed by atoms with Gasteiger partial charge in [-0.1, -0.05) is 6.92 Å². The normalized spacial score (nSPS) is 13.5. The number of nitro groups is 1. The van der Waals surface area contributed by atoms with E-state index in [0.29, 0.717) is 6.42 Å². The van der Waals surface area contributed by atoms with Crippen LogP contribution in [0.5, 0.6) is 0 Å². The molecule has 1 aromatic rings. The molecule has 9 heteroatoms. The van der Waals surface area contributed by atoms with Crippen LogP contribution in [0, 0.1) is 15.5 Å². The molecule has 0 saturated carbocycles. The van der Waals surface area contributed by atoms with Gasteiger partial charge in [0.2, 0.25) is 5.91 Å². The minimum Gasteiger partial charge on any atom is -0.481 e. The number of carbonyl (C=O) groups is 2. The summed E-state index contributed by atoms with van der Waals surface area (Å²) in [5.74, 6) is -1.45. The fraction of sp³-hybridized carbons (Fsp3) is 0.545. The Bertz CT molecular complexity index is 527. The first-order chi connectivity index (χ1) is 9.28. The van der Waals surface area contributed by atoms with Crippen LogP contribution in [-0.4, -0.2) is 38.2 Å². The number of rotatable bonds is 7. The molecule has 20 heavy (non-hydrogen) atoms. The maximum Gasteiger partial charge on any atom is 0.311 e. The summed E-state index contributed by atoms with van der Waals surface area (Å²) in [4.78, 5) is 32.5. The van der Waals surface area contributed by atoms with Gasteiger partial charge in [-0.2, -0.15) is 5.10 Å². The summed E-state index contributed by atoms with van der Waals surface area (Å²) in [5, 5.41) is 25.7. The van der Waals surface area contributed by atoms with Crippen LogP contribution in [0.15, 0.2) is 12.4 Å². The highest BCUT2D eigenvalue weighted by Gasteiger charge is 2.31. The Morgan fingerprint density at radius 1 is 1.60 bits per heavy atom. The van der Waals surface area contributed by atoms with Crippen LogP contribution >= 0.6 is 0 Å². The molecule has 1 atom stereocenters. The molecule has 9 nitrogen and oxygen atoms in total. The Morgan fingerprint density at radius 3 is 2.70 bits per heavy atom. The predicted octanol–water partition coefficient (Wildman–Crippen LogP) is 0.408. The predicted molar refractivity (Wildman–Crippen MR) is 67.9 cm³/mol. The fourth-order valence-electron chi connectivity index (χ4n) is 1.38. The Balaban J connectivity index is 2.55. The van der Waals surface area contributed by atoms with Gasteiger partial charge in [0.05, 0.1) is 10.3 Å². The van der Waals surface area contributed by atoms with Crippen molar-refractivity contribution in [3.8, 4) is 0 Å². The number of hydrogen-bond acceptors (Lipinski definition) is 5. The maximum absolute atomic E-state index is 11.6. The molecule has 0 aliphatic rings. The number of nitrogens with zero attached hydrogens (tertiary/aromatic N) is 3. The number of carbonyl (C=O) groups excluding carboxylic acids is 1. The number of aromatic nitrogens is 2. The molecule has 1 aromatic heterocycles. The summed E-state index contributed by atoms with van der Waals surface area (Å²) in [7, 11) is 0. The van der Waals surface area contributed by atoms with Crippen molar-refractivity contribution in [1.29, 1.82) is 0 Å². The quantitative estimate of drug-likeness (QED) is 0.551. The van der Waals surface area contributed by atoms with Crippen molar-refractivity contribution in [2.24, 2.45) is 5.41 Å². The number of carboxylic acid groups (broad SMARTS) is 1. The van der Waals surface area contributed by atoms with Crippen molar-refractivity contribution in [3.63, 3.8) is 0 Å². The summed E-state index contributed by atoms with van der Waals surface area (Å²) in [5.41, 5.74) is -1.24. The molecular formula is C11H16N4O5. The number of nitrogens with one attached hydrogen (secondary N) is 1. The second kappa shape index (κ2) is 6.13. The van der Waals surface area contributed by atoms with Gasteiger partial charge in [0.15, 0.2) is 0 Å². The third-order valence-electron chi connectivity index (χ3n) is 3.11. The molecular weight excluding hydrogens is 268 g/mol. The van der Waals surface area contributed by atoms with Gasteiger partial charge in [0.25, 0.3) is 0 Å². The number of amides is 1. The number of aliphatic carboxylic acids is 1. The molecule has 0 bridgehead atoms. The average Bonchev–Trinajstić information content (AvgIpc) is 2.84. The van der Waals surface area contributed by atoms with E-state index in [1.54, 1.807) is 6.92 Å². The van der Waals surface area contributed by atoms with Crippen molar-refractivity contribution < 1.29 is 19.6 Å². The first kappa shape index (κ1) is 15.6. The fourth-order valence-corrected chi connectivity index (χ4v) is 1.38. The second-order valence-corrected chi connectivity index (χ2v) is 4.65. The van der Waals surface area contributed by atoms with Gasteiger partial charge in [0.1, 0.15) is 18.9 Å². The van der Waals surface area contributed by atoms with Gasteiger partial charge in [-0.25, -0.2) is 0 Å². The lowest BCUT2D eigenvalue weighted by Crippen LogP contribution is -2.41. The second-order valence-electron chi connectivity index (χ2n) is 4.65. The molecule has 110 valence electrons. The van der Waals surface area contributed by atoms with Crippen LogP contribution < -0.4 is 5.32 Å². The van der Waals surface area contributed by atoms with E-state index in [1.165, 1.54) is 6.92 Å². The standard InChI is InChI=1S/C11H16N4O5/c1-3-11(2,10(17)18)7-12-9(16)6-14-5-8(4-13-14)15(19)20/h4-5H,3,6-7H2,1-2H3,(H,12,16)(H,17,18). The van der Waals surface area contributed by atoms with E-state index < -0.39 is 22.2 Å². The zero-order chi connectivity index (χ0) is 15.3. The molecule has 0 radical (unpaired) electrons. The summed E-state index contributed by atoms with van der Waals surface area (Å²) in [6.07, 6.45) is 2.55. The third-order valence-corrected chi connectivity index (χ3v) is 3.11. The van der Waals surface area contributed by atoms with Crippen molar-refractivity contribution in [2.75, 3.05) is 6.54 Å². The first-order valence-corrected chi connectivity index (χ1v) is 5.95. The van der Waals surface area contributed by atoms with E-state index in [-0.39, 0.29) is 18.8 Å². The zero-order valence-electron chi connectivity index (χ0n) is 11.2. The summed E-state index contributed by atoms with van der Waals surface area (Å²) < 4.78 is 1.12. The topological polar surface area (TPSA) is 127 Å². The summed E-state index contributed by atoms with van der Waals surface area (Å²) in [6, 6.07) is 0. The van der Waals surface area contributed by atoms with E-state index in [1.807, 2.05) is 0 Å². The molecule has 2 N–H and O–H groups in total. The van der Waals surface area contributed by atoms with E-state index in [0.717, 1.165) is 17.1 Å². The molecule has 1 rings (SSSR count). The molecule has 0 saturated heterocycles. The highest BCUT2D eigenvalue weighted by molar-refractivity contribution is 5.78. The van der Waals surface area contributed by atoms with Crippen LogP contribution in [0.3, 0.4) is 0 Å². The SMILES string of the molecule is CCC(C)(CNC(=O)Cn1cc([N+](=O)[O-])cn1)C(=O)O. The van der Waals surface area contributed by atoms with Crippen molar-refractivity contribution >= 4 is 17.6 Å². The minimum atomic E-state index is -1.04. The average molecular weight is 284 g/mol. The highest BCUT2D eigenvalue weighted by atomic mass is 16.6. The molecule has 0 aromatic carbocycles. The zero-order valence-corrected chi connectivity index (χ0v) is 11.2. The van der Waals surface area contributed by atoms with Crippen LogP contribution in [0.1, 0.15) is 20.3 Å². The Morgan fingerprint density at radius 2 is 2.25 bits per heavy atom. The maximum atomic E-state index is 11.6. The van der Waals surface area contributed by atoms with Crippen LogP contribution in [-0.2, 0) is 16.1 Å². The minimum absolute atomic E-state index is 0.0129. The Labute approximate surface area is 114 Å². The smallest absolute Gasteiger partial charge is 0.311 e. The lowest BCUT2D eigenvalue weighted by molar-refractivity contribution is -0.385. The highest BCUT2D eigenvalue weighted by Crippen LogP contribution is 2.19. The van der Waals surface area contributed by atoms with Crippen LogP contribution in [0.2, 0.25) is 0 Å². The van der Waals surface area contributed by atoms with Crippen LogP contribution in [0.4, 0.5) is 5.69 Å². The molecule has 1 unspecified atom stereocenters. The summed E-state index contributed by atoms with van der Waals surface area (Å²) in [6.45, 7) is 3.04. The van der Waals surface area contributed by atoms with E-state index in [2.05, 4.69) is 10.4 Å². The van der Waals surface area contributed by atoms with Crippen molar-refractivity contribution in [3.05, 3.63) is 22.5 Å². The monoisotopic (exact) mass is 284 g/mol. The van der Waals surface area contributed by atoms with E-state index in [9.17, 15) is 19.7 Å². The van der Waals surface area contributed by atoms with Crippen LogP contribution in [0.25, 0.3) is 0 Å². The van der Waals surface area contributed by atoms with E-state index >= 15 is 0 Å². The molecule has 0 aliphatic heterocycles. The Kier molecular flexibility index (Phi) is 4.78. The third kappa shape index (κ3) is 3.77. The first-order valence-electron chi connectivity index (χ1n) is 5.95. The molecule has 0 aliphatic carbocycles. The molecule has 1 heterocycles. The van der Waals surface area contributed by atoms with Gasteiger partial charge in [0, 0.05) is 6.54 Å². The van der Waals surface area contributed by atoms with Crippen molar-refractivity contribution in [2.45, 2.75) is 26.8 Å². The van der Waals surface area contributed by atoms with Gasteiger partial charge in [-0.05, 0) is 13.3 Å². The molecule has 1 amide bonds. The summed E-state index contributed by atoms with van der Waals surface area (Å²) >= 11 is 0. The van der Waals surface area contributed by atoms with Gasteiger partial charge >= 0.3 is 11.7 Å². The molecule has 0 fully saturated rings. The van der Waals surface area contributed by atoms with Crippen molar-refractivity contribution in [1.82, 2.24) is 15.1 Å². The van der Waals surface area contributed by atoms with E-state index in [4.69, 9.17) is 5.11 Å². The van der Waals surface area contributed by atoms with Gasteiger partial charge in [-0.15, -0.1) is 0 Å². The molecule has 0 spiro atoms. The van der Waals surface area contributed by atoms with Gasteiger partial charge in [-0.3, -0.25) is 24.4 Å². The lowest BCUT2D eigenvalue weighted by atomic mass is 9.88. The number of carboxylic acids is 1. The number of hydrogen-bond donors (Lipinski definition) is 2. The largest absolute Gasteiger partial charge is 0.481 e. The van der Waals surface area contributed by atoms with Gasteiger partial charge < -0.3 is 10.4 Å². The lowest BCUT2D eigenvalue weighted by Gasteiger charge is -2.23.